The Labute approximate surface area is 124 Å². The lowest BCUT2D eigenvalue weighted by atomic mass is 9.97. The zero-order valence-electron chi connectivity index (χ0n) is 11.7. The lowest BCUT2D eigenvalue weighted by Gasteiger charge is -2.14. The van der Waals surface area contributed by atoms with Crippen LogP contribution in [0.5, 0.6) is 0 Å². The Hall–Kier alpha value is -1.86. The van der Waals surface area contributed by atoms with Crippen molar-refractivity contribution in [2.45, 2.75) is 39.2 Å². The van der Waals surface area contributed by atoms with Crippen molar-refractivity contribution in [2.24, 2.45) is 0 Å². The molecule has 0 fully saturated rings. The number of benzene rings is 1. The fraction of sp³-hybridized carbons (Fsp3) is 0.400. The van der Waals surface area contributed by atoms with Crippen LogP contribution >= 0.6 is 11.6 Å². The van der Waals surface area contributed by atoms with E-state index in [1.807, 2.05) is 28.9 Å². The van der Waals surface area contributed by atoms with Gasteiger partial charge in [0.05, 0.1) is 12.2 Å². The largest absolute Gasteiger partial charge is 0.243 e. The average Bonchev–Trinajstić information content (AvgIpc) is 2.83. The lowest BCUT2D eigenvalue weighted by Crippen LogP contribution is -2.11. The van der Waals surface area contributed by atoms with E-state index in [0.717, 1.165) is 24.1 Å². The first-order valence-electron chi connectivity index (χ1n) is 6.77. The van der Waals surface area contributed by atoms with Gasteiger partial charge in [0.1, 0.15) is 6.07 Å². The molecule has 1 heterocycles. The third kappa shape index (κ3) is 3.00. The Kier molecular flexibility index (Phi) is 4.75. The molecule has 104 valence electrons. The number of hydrogen-bond donors (Lipinski definition) is 0. The van der Waals surface area contributed by atoms with Crippen molar-refractivity contribution in [3.63, 3.8) is 0 Å². The number of nitriles is 1. The zero-order chi connectivity index (χ0) is 14.5. The van der Waals surface area contributed by atoms with Crippen molar-refractivity contribution >= 4 is 11.6 Å². The molecule has 0 aliphatic heterocycles. The Morgan fingerprint density at radius 2 is 2.10 bits per heavy atom. The van der Waals surface area contributed by atoms with E-state index in [9.17, 15) is 5.26 Å². The van der Waals surface area contributed by atoms with E-state index in [1.54, 1.807) is 0 Å². The summed E-state index contributed by atoms with van der Waals surface area (Å²) >= 11 is 6.00. The quantitative estimate of drug-likeness (QED) is 0.842. The van der Waals surface area contributed by atoms with E-state index in [1.165, 1.54) is 0 Å². The molecule has 0 radical (unpaired) electrons. The van der Waals surface area contributed by atoms with Gasteiger partial charge in [-0.1, -0.05) is 42.8 Å². The van der Waals surface area contributed by atoms with E-state index in [2.05, 4.69) is 30.2 Å². The molecule has 0 bridgehead atoms. The molecular weight excluding hydrogens is 272 g/mol. The molecule has 20 heavy (non-hydrogen) atoms. The first-order valence-corrected chi connectivity index (χ1v) is 7.15. The summed E-state index contributed by atoms with van der Waals surface area (Å²) in [5.41, 5.74) is 2.41. The van der Waals surface area contributed by atoms with Crippen LogP contribution in [0.2, 0.25) is 5.02 Å². The van der Waals surface area contributed by atoms with E-state index in [4.69, 9.17) is 11.6 Å². The van der Waals surface area contributed by atoms with E-state index in [0.29, 0.717) is 23.2 Å². The monoisotopic (exact) mass is 288 g/mol. The van der Waals surface area contributed by atoms with Crippen LogP contribution in [0.15, 0.2) is 24.3 Å². The van der Waals surface area contributed by atoms with Crippen LogP contribution in [0.4, 0.5) is 0 Å². The predicted molar refractivity (Wildman–Crippen MR) is 78.6 cm³/mol. The second-order valence-corrected chi connectivity index (χ2v) is 5.17. The van der Waals surface area contributed by atoms with Crippen LogP contribution in [0.25, 0.3) is 0 Å². The maximum absolute atomic E-state index is 9.19. The van der Waals surface area contributed by atoms with Gasteiger partial charge in [-0.15, -0.1) is 5.10 Å². The highest BCUT2D eigenvalue weighted by Gasteiger charge is 2.20. The predicted octanol–water partition coefficient (Wildman–Crippen LogP) is 3.76. The first-order chi connectivity index (χ1) is 9.69. The Morgan fingerprint density at radius 1 is 1.35 bits per heavy atom. The van der Waals surface area contributed by atoms with Crippen LogP contribution in [-0.2, 0) is 6.54 Å². The number of rotatable bonds is 5. The highest BCUT2D eigenvalue weighted by atomic mass is 35.5. The molecule has 2 rings (SSSR count). The summed E-state index contributed by atoms with van der Waals surface area (Å²) in [6.45, 7) is 4.82. The summed E-state index contributed by atoms with van der Waals surface area (Å²) in [6, 6.07) is 9.80. The average molecular weight is 289 g/mol. The summed E-state index contributed by atoms with van der Waals surface area (Å²) in [4.78, 5) is 0. The Morgan fingerprint density at radius 3 is 2.70 bits per heavy atom. The minimum absolute atomic E-state index is 0.304. The third-order valence-electron chi connectivity index (χ3n) is 3.47. The number of halogens is 1. The Bertz CT molecular complexity index is 623. The van der Waals surface area contributed by atoms with E-state index < -0.39 is 0 Å². The number of nitrogens with zero attached hydrogens (tertiary/aromatic N) is 4. The normalized spacial score (nSPS) is 10.8. The molecule has 0 amide bonds. The van der Waals surface area contributed by atoms with Gasteiger partial charge in [-0.05, 0) is 30.5 Å². The second-order valence-electron chi connectivity index (χ2n) is 4.74. The molecule has 4 nitrogen and oxygen atoms in total. The summed E-state index contributed by atoms with van der Waals surface area (Å²) in [5.74, 6) is 0.304. The third-order valence-corrected chi connectivity index (χ3v) is 3.71. The van der Waals surface area contributed by atoms with Crippen molar-refractivity contribution in [1.82, 2.24) is 15.0 Å². The topological polar surface area (TPSA) is 54.5 Å². The van der Waals surface area contributed by atoms with Gasteiger partial charge in [-0.3, -0.25) is 0 Å². The fourth-order valence-corrected chi connectivity index (χ4v) is 2.62. The lowest BCUT2D eigenvalue weighted by molar-refractivity contribution is 0.543. The first kappa shape index (κ1) is 14.5. The number of aromatic nitrogens is 3. The summed E-state index contributed by atoms with van der Waals surface area (Å²) in [5, 5.41) is 18.0. The molecule has 0 aliphatic carbocycles. The van der Waals surface area contributed by atoms with Gasteiger partial charge in [0, 0.05) is 10.9 Å². The smallest absolute Gasteiger partial charge is 0.186 e. The molecule has 0 saturated carbocycles. The molecule has 0 N–H and O–H groups in total. The van der Waals surface area contributed by atoms with Gasteiger partial charge >= 0.3 is 0 Å². The zero-order valence-corrected chi connectivity index (χ0v) is 12.4. The summed E-state index contributed by atoms with van der Waals surface area (Å²) < 4.78 is 1.82. The van der Waals surface area contributed by atoms with Crippen LogP contribution in [0.1, 0.15) is 49.6 Å². The van der Waals surface area contributed by atoms with Gasteiger partial charge in [0.25, 0.3) is 0 Å². The minimum Gasteiger partial charge on any atom is -0.243 e. The van der Waals surface area contributed by atoms with Crippen LogP contribution in [-0.4, -0.2) is 15.0 Å². The molecule has 5 heteroatoms. The van der Waals surface area contributed by atoms with Crippen LogP contribution < -0.4 is 0 Å². The van der Waals surface area contributed by atoms with Crippen molar-refractivity contribution in [3.8, 4) is 6.07 Å². The molecule has 0 unspecified atom stereocenters. The van der Waals surface area contributed by atoms with Gasteiger partial charge in [-0.25, -0.2) is 4.68 Å². The van der Waals surface area contributed by atoms with Crippen molar-refractivity contribution in [2.75, 3.05) is 0 Å². The second kappa shape index (κ2) is 6.53. The maximum atomic E-state index is 9.19. The molecule has 1 aromatic heterocycles. The van der Waals surface area contributed by atoms with Crippen molar-refractivity contribution in [3.05, 3.63) is 46.2 Å². The minimum atomic E-state index is 0.304. The van der Waals surface area contributed by atoms with Crippen molar-refractivity contribution in [1.29, 1.82) is 5.26 Å². The van der Waals surface area contributed by atoms with Crippen molar-refractivity contribution < 1.29 is 0 Å². The fourth-order valence-electron chi connectivity index (χ4n) is 2.40. The van der Waals surface area contributed by atoms with Gasteiger partial charge in [-0.2, -0.15) is 5.26 Å². The van der Waals surface area contributed by atoms with E-state index >= 15 is 0 Å². The van der Waals surface area contributed by atoms with Crippen LogP contribution in [0.3, 0.4) is 0 Å². The standard InChI is InChI=1S/C15H17ClN4/c1-3-12(4-2)15-14(9-17)18-19-20(15)10-11-6-5-7-13(16)8-11/h5-8,12H,3-4,10H2,1-2H3. The van der Waals surface area contributed by atoms with Gasteiger partial charge in [0.15, 0.2) is 5.69 Å². The van der Waals surface area contributed by atoms with Gasteiger partial charge in [0.2, 0.25) is 0 Å². The number of hydrogen-bond acceptors (Lipinski definition) is 3. The molecule has 2 aromatic rings. The molecule has 1 aromatic carbocycles. The summed E-state index contributed by atoms with van der Waals surface area (Å²) in [7, 11) is 0. The van der Waals surface area contributed by atoms with Crippen LogP contribution in [0, 0.1) is 11.3 Å². The highest BCUT2D eigenvalue weighted by molar-refractivity contribution is 6.30. The SMILES string of the molecule is CCC(CC)c1c(C#N)nnn1Cc1cccc(Cl)c1. The highest BCUT2D eigenvalue weighted by Crippen LogP contribution is 2.25. The Balaban J connectivity index is 2.37. The molecule has 0 saturated heterocycles. The molecule has 0 atom stereocenters. The molecule has 0 spiro atoms. The van der Waals surface area contributed by atoms with E-state index in [-0.39, 0.29) is 0 Å². The molecular formula is C15H17ClN4. The maximum Gasteiger partial charge on any atom is 0.186 e. The van der Waals surface area contributed by atoms with Gasteiger partial charge < -0.3 is 0 Å². The summed E-state index contributed by atoms with van der Waals surface area (Å²) in [6.07, 6.45) is 1.93. The molecule has 0 aliphatic rings.